The van der Waals surface area contributed by atoms with Gasteiger partial charge in [-0.2, -0.15) is 0 Å². The van der Waals surface area contributed by atoms with Gasteiger partial charge in [-0.1, -0.05) is 0 Å². The molecule has 1 aliphatic rings. The summed E-state index contributed by atoms with van der Waals surface area (Å²) in [5.74, 6) is -2.84. The quantitative estimate of drug-likeness (QED) is 0.583. The van der Waals surface area contributed by atoms with Crippen LogP contribution in [0.3, 0.4) is 0 Å². The van der Waals surface area contributed by atoms with Gasteiger partial charge in [0.2, 0.25) is 0 Å². The van der Waals surface area contributed by atoms with E-state index in [1.165, 1.54) is 0 Å². The number of rotatable bonds is 2. The minimum absolute atomic E-state index is 0.407. The van der Waals surface area contributed by atoms with Crippen LogP contribution < -0.4 is 0 Å². The standard InChI is InChI=1S/C9H11NO6/c1-8(5(11)12)3-4-9(2,6(13)14)10(8)7(15)16/h3-4H,1-2H3,(H,11,12)(H,13,14)(H,15,16). The van der Waals surface area contributed by atoms with Gasteiger partial charge in [0.1, 0.15) is 0 Å². The Morgan fingerprint density at radius 3 is 1.44 bits per heavy atom. The van der Waals surface area contributed by atoms with Gasteiger partial charge >= 0.3 is 18.0 Å². The number of hydrogen-bond donors (Lipinski definition) is 3. The maximum Gasteiger partial charge on any atom is 0.409 e. The van der Waals surface area contributed by atoms with Crippen molar-refractivity contribution in [3.63, 3.8) is 0 Å². The molecule has 1 amide bonds. The molecule has 3 N–H and O–H groups in total. The molecule has 7 heteroatoms. The molecule has 0 radical (unpaired) electrons. The summed E-state index contributed by atoms with van der Waals surface area (Å²) in [5.41, 5.74) is -3.72. The van der Waals surface area contributed by atoms with Crippen molar-refractivity contribution in [3.05, 3.63) is 12.2 Å². The van der Waals surface area contributed by atoms with Crippen LogP contribution in [0.25, 0.3) is 0 Å². The number of carboxylic acids is 2. The molecule has 1 aliphatic heterocycles. The zero-order valence-corrected chi connectivity index (χ0v) is 8.67. The number of carboxylic acid groups (broad SMARTS) is 3. The molecule has 2 unspecified atom stereocenters. The molecular weight excluding hydrogens is 218 g/mol. The smallest absolute Gasteiger partial charge is 0.409 e. The normalized spacial score (nSPS) is 32.8. The van der Waals surface area contributed by atoms with Crippen molar-refractivity contribution in [1.82, 2.24) is 4.90 Å². The molecule has 0 fully saturated rings. The number of aliphatic carboxylic acids is 2. The van der Waals surface area contributed by atoms with Crippen molar-refractivity contribution in [2.45, 2.75) is 24.9 Å². The summed E-state index contributed by atoms with van der Waals surface area (Å²) in [4.78, 5) is 33.4. The van der Waals surface area contributed by atoms with E-state index in [-0.39, 0.29) is 0 Å². The van der Waals surface area contributed by atoms with Crippen LogP contribution in [0.5, 0.6) is 0 Å². The van der Waals surface area contributed by atoms with Crippen molar-refractivity contribution in [2.24, 2.45) is 0 Å². The molecule has 16 heavy (non-hydrogen) atoms. The van der Waals surface area contributed by atoms with E-state index in [2.05, 4.69) is 0 Å². The second-order valence-electron chi connectivity index (χ2n) is 3.86. The minimum Gasteiger partial charge on any atom is -0.479 e. The van der Waals surface area contributed by atoms with Crippen LogP contribution in [0.15, 0.2) is 12.2 Å². The number of carbonyl (C=O) groups is 3. The topological polar surface area (TPSA) is 115 Å². The van der Waals surface area contributed by atoms with Crippen LogP contribution in [0.2, 0.25) is 0 Å². The third-order valence-corrected chi connectivity index (χ3v) is 2.72. The van der Waals surface area contributed by atoms with Gasteiger partial charge in [-0.05, 0) is 26.0 Å². The lowest BCUT2D eigenvalue weighted by Gasteiger charge is -2.36. The maximum absolute atomic E-state index is 11.0. The first-order valence-corrected chi connectivity index (χ1v) is 4.36. The molecule has 0 aliphatic carbocycles. The van der Waals surface area contributed by atoms with Crippen molar-refractivity contribution >= 4 is 18.0 Å². The largest absolute Gasteiger partial charge is 0.479 e. The SMILES string of the molecule is CC1(C(=O)O)C=CC(C)(C(=O)O)N1C(=O)O. The maximum atomic E-state index is 11.0. The lowest BCUT2D eigenvalue weighted by Crippen LogP contribution is -2.61. The predicted octanol–water partition coefficient (Wildman–Crippen LogP) is 0.223. The summed E-state index contributed by atoms with van der Waals surface area (Å²) in [6.07, 6.45) is 0.537. The monoisotopic (exact) mass is 229 g/mol. The van der Waals surface area contributed by atoms with E-state index in [1.54, 1.807) is 0 Å². The molecule has 0 saturated heterocycles. The summed E-state index contributed by atoms with van der Waals surface area (Å²) in [6, 6.07) is 0. The third-order valence-electron chi connectivity index (χ3n) is 2.72. The Morgan fingerprint density at radius 1 is 0.938 bits per heavy atom. The first kappa shape index (κ1) is 12.0. The molecule has 7 nitrogen and oxygen atoms in total. The molecule has 0 aromatic carbocycles. The molecule has 0 bridgehead atoms. The molecule has 1 heterocycles. The van der Waals surface area contributed by atoms with E-state index in [0.29, 0.717) is 4.90 Å². The van der Waals surface area contributed by atoms with Gasteiger partial charge in [0.15, 0.2) is 11.1 Å². The number of amides is 1. The summed E-state index contributed by atoms with van der Waals surface area (Å²) in [7, 11) is 0. The third kappa shape index (κ3) is 1.32. The van der Waals surface area contributed by atoms with E-state index in [9.17, 15) is 14.4 Å². The molecule has 1 rings (SSSR count). The van der Waals surface area contributed by atoms with Gasteiger partial charge in [-0.25, -0.2) is 14.4 Å². The molecular formula is C9H11NO6. The second-order valence-corrected chi connectivity index (χ2v) is 3.86. The highest BCUT2D eigenvalue weighted by Crippen LogP contribution is 2.35. The Hall–Kier alpha value is -2.05. The first-order chi connectivity index (χ1) is 7.16. The molecule has 2 atom stereocenters. The van der Waals surface area contributed by atoms with Crippen LogP contribution >= 0.6 is 0 Å². The van der Waals surface area contributed by atoms with Crippen LogP contribution in [0.4, 0.5) is 4.79 Å². The second kappa shape index (κ2) is 3.22. The zero-order valence-electron chi connectivity index (χ0n) is 8.67. The van der Waals surface area contributed by atoms with Crippen molar-refractivity contribution < 1.29 is 29.7 Å². The van der Waals surface area contributed by atoms with E-state index in [0.717, 1.165) is 26.0 Å². The fraction of sp³-hybridized carbons (Fsp3) is 0.444. The summed E-state index contributed by atoms with van der Waals surface area (Å²) >= 11 is 0. The number of hydrogen-bond acceptors (Lipinski definition) is 3. The lowest BCUT2D eigenvalue weighted by atomic mass is 10.00. The summed E-state index contributed by atoms with van der Waals surface area (Å²) < 4.78 is 0. The summed E-state index contributed by atoms with van der Waals surface area (Å²) in [6.45, 7) is 2.27. The van der Waals surface area contributed by atoms with Crippen molar-refractivity contribution in [1.29, 1.82) is 0 Å². The molecule has 88 valence electrons. The predicted molar refractivity (Wildman–Crippen MR) is 51.1 cm³/mol. The molecule has 0 spiro atoms. The van der Waals surface area contributed by atoms with Crippen LogP contribution in [-0.2, 0) is 9.59 Å². The van der Waals surface area contributed by atoms with E-state index in [1.807, 2.05) is 0 Å². The fourth-order valence-corrected chi connectivity index (χ4v) is 1.69. The van der Waals surface area contributed by atoms with E-state index < -0.39 is 29.1 Å². The zero-order chi connectivity index (χ0) is 12.7. The van der Waals surface area contributed by atoms with Gasteiger partial charge in [0.05, 0.1) is 0 Å². The molecule has 0 saturated carbocycles. The highest BCUT2D eigenvalue weighted by Gasteiger charge is 2.57. The van der Waals surface area contributed by atoms with Gasteiger partial charge < -0.3 is 15.3 Å². The van der Waals surface area contributed by atoms with E-state index >= 15 is 0 Å². The van der Waals surface area contributed by atoms with Gasteiger partial charge in [-0.3, -0.25) is 4.90 Å². The van der Waals surface area contributed by atoms with E-state index in [4.69, 9.17) is 15.3 Å². The first-order valence-electron chi connectivity index (χ1n) is 4.36. The summed E-state index contributed by atoms with van der Waals surface area (Å²) in [5, 5.41) is 26.9. The van der Waals surface area contributed by atoms with Crippen LogP contribution in [-0.4, -0.2) is 49.3 Å². The average molecular weight is 229 g/mol. The van der Waals surface area contributed by atoms with Gasteiger partial charge in [0, 0.05) is 0 Å². The number of nitrogens with zero attached hydrogens (tertiary/aromatic N) is 1. The Labute approximate surface area is 90.6 Å². The van der Waals surface area contributed by atoms with Crippen molar-refractivity contribution in [3.8, 4) is 0 Å². The lowest BCUT2D eigenvalue weighted by molar-refractivity contribution is -0.154. The molecule has 0 aromatic heterocycles. The molecule has 0 aromatic rings. The van der Waals surface area contributed by atoms with Gasteiger partial charge in [-0.15, -0.1) is 0 Å². The Balaban J connectivity index is 3.34. The van der Waals surface area contributed by atoms with Crippen LogP contribution in [0, 0.1) is 0 Å². The minimum atomic E-state index is -1.86. The highest BCUT2D eigenvalue weighted by atomic mass is 16.4. The van der Waals surface area contributed by atoms with Gasteiger partial charge in [0.25, 0.3) is 0 Å². The average Bonchev–Trinajstić information content (AvgIpc) is 2.41. The highest BCUT2D eigenvalue weighted by molar-refractivity contribution is 5.94. The van der Waals surface area contributed by atoms with Crippen molar-refractivity contribution in [2.75, 3.05) is 0 Å². The Bertz CT molecular complexity index is 373. The Kier molecular flexibility index (Phi) is 2.42. The Morgan fingerprint density at radius 2 is 1.25 bits per heavy atom. The fourth-order valence-electron chi connectivity index (χ4n) is 1.69. The van der Waals surface area contributed by atoms with Crippen LogP contribution in [0.1, 0.15) is 13.8 Å².